The van der Waals surface area contributed by atoms with Gasteiger partial charge in [0, 0.05) is 25.3 Å². The van der Waals surface area contributed by atoms with Gasteiger partial charge in [0.2, 0.25) is 0 Å². The standard InChI is InChI=1S/C21H40N6O2/c1-9-22-20(23-13-18(11-14(3)4)25-21(28)29-10-2)24-15(5)12-19-16(6)26-27(8)17(19)7/h14-15,18H,9-13H2,1-8H3,(H,25,28)(H2,22,23,24). The highest BCUT2D eigenvalue weighted by molar-refractivity contribution is 5.80. The van der Waals surface area contributed by atoms with Crippen LogP contribution in [0.3, 0.4) is 0 Å². The number of hydrogen-bond acceptors (Lipinski definition) is 4. The van der Waals surface area contributed by atoms with Crippen LogP contribution in [0.1, 0.15) is 58.0 Å². The van der Waals surface area contributed by atoms with Gasteiger partial charge in [0.05, 0.1) is 24.9 Å². The van der Waals surface area contributed by atoms with Crippen LogP contribution < -0.4 is 16.0 Å². The summed E-state index contributed by atoms with van der Waals surface area (Å²) in [6.07, 6.45) is 1.32. The second-order valence-electron chi connectivity index (χ2n) is 7.93. The van der Waals surface area contributed by atoms with Crippen LogP contribution in [0, 0.1) is 19.8 Å². The average molecular weight is 409 g/mol. The third-order valence-corrected chi connectivity index (χ3v) is 4.72. The molecular weight excluding hydrogens is 368 g/mol. The number of hydrogen-bond donors (Lipinski definition) is 3. The molecule has 1 aromatic heterocycles. The molecule has 0 aliphatic rings. The Morgan fingerprint density at radius 2 is 1.90 bits per heavy atom. The molecule has 29 heavy (non-hydrogen) atoms. The molecule has 0 aliphatic carbocycles. The van der Waals surface area contributed by atoms with Gasteiger partial charge in [-0.05, 0) is 58.9 Å². The van der Waals surface area contributed by atoms with Gasteiger partial charge in [0.15, 0.2) is 5.96 Å². The first-order chi connectivity index (χ1) is 13.7. The van der Waals surface area contributed by atoms with Crippen molar-refractivity contribution in [3.05, 3.63) is 17.0 Å². The normalized spacial score (nSPS) is 13.9. The maximum Gasteiger partial charge on any atom is 0.407 e. The highest BCUT2D eigenvalue weighted by atomic mass is 16.5. The first-order valence-corrected chi connectivity index (χ1v) is 10.6. The average Bonchev–Trinajstić information content (AvgIpc) is 2.85. The summed E-state index contributed by atoms with van der Waals surface area (Å²) in [5.41, 5.74) is 3.52. The molecule has 0 saturated heterocycles. The smallest absolute Gasteiger partial charge is 0.407 e. The molecule has 2 unspecified atom stereocenters. The summed E-state index contributed by atoms with van der Waals surface area (Å²) >= 11 is 0. The molecule has 0 bridgehead atoms. The van der Waals surface area contributed by atoms with Gasteiger partial charge in [0.1, 0.15) is 0 Å². The van der Waals surface area contributed by atoms with Gasteiger partial charge in [0.25, 0.3) is 0 Å². The molecule has 0 radical (unpaired) electrons. The van der Waals surface area contributed by atoms with Crippen LogP contribution >= 0.6 is 0 Å². The van der Waals surface area contributed by atoms with Crippen molar-refractivity contribution in [1.29, 1.82) is 0 Å². The first-order valence-electron chi connectivity index (χ1n) is 10.6. The first kappa shape index (κ1) is 24.8. The van der Waals surface area contributed by atoms with Crippen molar-refractivity contribution in [3.8, 4) is 0 Å². The maximum absolute atomic E-state index is 11.8. The van der Waals surface area contributed by atoms with Crippen molar-refractivity contribution in [3.63, 3.8) is 0 Å². The number of aromatic nitrogens is 2. The highest BCUT2D eigenvalue weighted by Gasteiger charge is 2.16. The van der Waals surface area contributed by atoms with Crippen LogP contribution in [0.15, 0.2) is 4.99 Å². The molecule has 1 aromatic rings. The fourth-order valence-corrected chi connectivity index (χ4v) is 3.31. The zero-order valence-electron chi connectivity index (χ0n) is 19.4. The number of rotatable bonds is 10. The van der Waals surface area contributed by atoms with E-state index in [-0.39, 0.29) is 18.2 Å². The number of amides is 1. The zero-order valence-corrected chi connectivity index (χ0v) is 19.4. The van der Waals surface area contributed by atoms with Crippen LogP contribution in [0.25, 0.3) is 0 Å². The lowest BCUT2D eigenvalue weighted by Gasteiger charge is -2.21. The number of ether oxygens (including phenoxy) is 1. The Morgan fingerprint density at radius 1 is 1.21 bits per heavy atom. The zero-order chi connectivity index (χ0) is 22.0. The van der Waals surface area contributed by atoms with E-state index in [9.17, 15) is 4.79 Å². The lowest BCUT2D eigenvalue weighted by Crippen LogP contribution is -2.45. The summed E-state index contributed by atoms with van der Waals surface area (Å²) in [4.78, 5) is 16.5. The Morgan fingerprint density at radius 3 is 2.41 bits per heavy atom. The van der Waals surface area contributed by atoms with E-state index in [1.807, 2.05) is 25.6 Å². The Bertz CT molecular complexity index is 668. The number of guanidine groups is 1. The lowest BCUT2D eigenvalue weighted by molar-refractivity contribution is 0.147. The van der Waals surface area contributed by atoms with Crippen molar-refractivity contribution in [1.82, 2.24) is 25.7 Å². The number of carbonyl (C=O) groups is 1. The van der Waals surface area contributed by atoms with E-state index >= 15 is 0 Å². The van der Waals surface area contributed by atoms with E-state index in [2.05, 4.69) is 48.7 Å². The van der Waals surface area contributed by atoms with Gasteiger partial charge in [-0.3, -0.25) is 9.67 Å². The SMILES string of the molecule is CCNC(=NCC(CC(C)C)NC(=O)OCC)NC(C)Cc1c(C)nn(C)c1C. The molecule has 8 heteroatoms. The van der Waals surface area contributed by atoms with Gasteiger partial charge in [-0.1, -0.05) is 13.8 Å². The summed E-state index contributed by atoms with van der Waals surface area (Å²) in [6.45, 7) is 16.0. The summed E-state index contributed by atoms with van der Waals surface area (Å²) in [5.74, 6) is 1.20. The summed E-state index contributed by atoms with van der Waals surface area (Å²) in [7, 11) is 1.97. The number of aliphatic imine (C=N–C) groups is 1. The molecule has 1 heterocycles. The molecule has 1 rings (SSSR count). The number of alkyl carbamates (subject to hydrolysis) is 1. The second-order valence-corrected chi connectivity index (χ2v) is 7.93. The fourth-order valence-electron chi connectivity index (χ4n) is 3.31. The minimum Gasteiger partial charge on any atom is -0.450 e. The monoisotopic (exact) mass is 408 g/mol. The second kappa shape index (κ2) is 12.3. The maximum atomic E-state index is 11.8. The molecule has 2 atom stereocenters. The third-order valence-electron chi connectivity index (χ3n) is 4.72. The molecule has 3 N–H and O–H groups in total. The van der Waals surface area contributed by atoms with Crippen LogP contribution in [0.2, 0.25) is 0 Å². The largest absolute Gasteiger partial charge is 0.450 e. The Hall–Kier alpha value is -2.25. The molecule has 0 spiro atoms. The van der Waals surface area contributed by atoms with Gasteiger partial charge >= 0.3 is 6.09 Å². The topological polar surface area (TPSA) is 92.6 Å². The van der Waals surface area contributed by atoms with Crippen molar-refractivity contribution in [2.45, 2.75) is 73.4 Å². The summed E-state index contributed by atoms with van der Waals surface area (Å²) in [6, 6.07) is 0.124. The van der Waals surface area contributed by atoms with Gasteiger partial charge < -0.3 is 20.7 Å². The van der Waals surface area contributed by atoms with E-state index in [1.54, 1.807) is 6.92 Å². The van der Waals surface area contributed by atoms with Crippen LogP contribution in [0.4, 0.5) is 4.79 Å². The molecule has 0 fully saturated rings. The molecular formula is C21H40N6O2. The van der Waals surface area contributed by atoms with Gasteiger partial charge in [-0.15, -0.1) is 0 Å². The third kappa shape index (κ3) is 8.75. The minimum atomic E-state index is -0.387. The Kier molecular flexibility index (Phi) is 10.5. The predicted octanol–water partition coefficient (Wildman–Crippen LogP) is 2.68. The quantitative estimate of drug-likeness (QED) is 0.409. The predicted molar refractivity (Wildman–Crippen MR) is 118 cm³/mol. The van der Waals surface area contributed by atoms with Crippen LogP contribution in [0.5, 0.6) is 0 Å². The summed E-state index contributed by atoms with van der Waals surface area (Å²) in [5, 5.41) is 14.2. The van der Waals surface area contributed by atoms with Crippen LogP contribution in [-0.4, -0.2) is 53.6 Å². The molecule has 0 aliphatic heterocycles. The van der Waals surface area contributed by atoms with E-state index in [0.717, 1.165) is 31.0 Å². The number of nitrogens with one attached hydrogen (secondary N) is 3. The molecule has 8 nitrogen and oxygen atoms in total. The summed E-state index contributed by atoms with van der Waals surface area (Å²) < 4.78 is 6.95. The number of carbonyl (C=O) groups excluding carboxylic acids is 1. The van der Waals surface area contributed by atoms with E-state index < -0.39 is 0 Å². The highest BCUT2D eigenvalue weighted by Crippen LogP contribution is 2.14. The molecule has 0 saturated carbocycles. The Balaban J connectivity index is 2.78. The van der Waals surface area contributed by atoms with E-state index in [0.29, 0.717) is 19.1 Å². The minimum absolute atomic E-state index is 0.0670. The fraction of sp³-hybridized carbons (Fsp3) is 0.762. The lowest BCUT2D eigenvalue weighted by atomic mass is 10.0. The molecule has 0 aromatic carbocycles. The van der Waals surface area contributed by atoms with E-state index in [1.165, 1.54) is 11.3 Å². The van der Waals surface area contributed by atoms with Crippen molar-refractivity contribution < 1.29 is 9.53 Å². The van der Waals surface area contributed by atoms with Crippen LogP contribution in [-0.2, 0) is 18.2 Å². The number of aryl methyl sites for hydroxylation is 2. The van der Waals surface area contributed by atoms with Gasteiger partial charge in [-0.25, -0.2) is 4.79 Å². The van der Waals surface area contributed by atoms with Crippen molar-refractivity contribution >= 4 is 12.1 Å². The molecule has 166 valence electrons. The molecule has 1 amide bonds. The number of nitrogens with zero attached hydrogens (tertiary/aromatic N) is 3. The van der Waals surface area contributed by atoms with E-state index in [4.69, 9.17) is 9.73 Å². The van der Waals surface area contributed by atoms with Crippen molar-refractivity contribution in [2.24, 2.45) is 18.0 Å². The Labute approximate surface area is 175 Å². The van der Waals surface area contributed by atoms with Crippen molar-refractivity contribution in [2.75, 3.05) is 19.7 Å². The van der Waals surface area contributed by atoms with Gasteiger partial charge in [-0.2, -0.15) is 5.10 Å².